The molecule has 1 aliphatic rings. The standard InChI is InChI=1S/C10H10OS/c1-10(2)8-6-4-3-5-7(8)9(12)11-10/h3-6H,1-2H3. The third-order valence-electron chi connectivity index (χ3n) is 2.14. The first-order chi connectivity index (χ1) is 5.61. The fourth-order valence-corrected chi connectivity index (χ4v) is 1.91. The van der Waals surface area contributed by atoms with Crippen molar-refractivity contribution in [3.8, 4) is 0 Å². The molecule has 62 valence electrons. The Balaban J connectivity index is 2.66. The van der Waals surface area contributed by atoms with Crippen LogP contribution in [0.15, 0.2) is 24.3 Å². The van der Waals surface area contributed by atoms with E-state index in [-0.39, 0.29) is 5.60 Å². The maximum absolute atomic E-state index is 5.55. The van der Waals surface area contributed by atoms with Crippen LogP contribution in [0, 0.1) is 0 Å². The Bertz CT molecular complexity index is 341. The highest BCUT2D eigenvalue weighted by Crippen LogP contribution is 2.35. The van der Waals surface area contributed by atoms with Crippen molar-refractivity contribution in [2.75, 3.05) is 0 Å². The molecule has 0 N–H and O–H groups in total. The summed E-state index contributed by atoms with van der Waals surface area (Å²) in [4.78, 5) is 0. The van der Waals surface area contributed by atoms with E-state index in [0.717, 1.165) is 5.56 Å². The van der Waals surface area contributed by atoms with E-state index in [1.54, 1.807) is 0 Å². The van der Waals surface area contributed by atoms with Crippen LogP contribution in [0.2, 0.25) is 0 Å². The van der Waals surface area contributed by atoms with Crippen LogP contribution >= 0.6 is 12.2 Å². The molecule has 12 heavy (non-hydrogen) atoms. The predicted molar refractivity (Wildman–Crippen MR) is 52.3 cm³/mol. The van der Waals surface area contributed by atoms with Gasteiger partial charge >= 0.3 is 0 Å². The molecule has 2 rings (SSSR count). The highest BCUT2D eigenvalue weighted by Gasteiger charge is 2.34. The van der Waals surface area contributed by atoms with Crippen molar-refractivity contribution in [3.05, 3.63) is 35.4 Å². The molecule has 0 radical (unpaired) electrons. The van der Waals surface area contributed by atoms with Gasteiger partial charge < -0.3 is 4.74 Å². The van der Waals surface area contributed by atoms with Gasteiger partial charge in [0.25, 0.3) is 0 Å². The van der Waals surface area contributed by atoms with Crippen molar-refractivity contribution in [1.29, 1.82) is 0 Å². The number of hydrogen-bond acceptors (Lipinski definition) is 2. The van der Waals surface area contributed by atoms with Crippen LogP contribution in [0.5, 0.6) is 0 Å². The van der Waals surface area contributed by atoms with E-state index in [4.69, 9.17) is 17.0 Å². The van der Waals surface area contributed by atoms with Gasteiger partial charge in [0.1, 0.15) is 5.60 Å². The lowest BCUT2D eigenvalue weighted by Gasteiger charge is -2.17. The highest BCUT2D eigenvalue weighted by atomic mass is 32.1. The summed E-state index contributed by atoms with van der Waals surface area (Å²) in [5.41, 5.74) is 2.01. The van der Waals surface area contributed by atoms with E-state index in [9.17, 15) is 0 Å². The Morgan fingerprint density at radius 1 is 1.25 bits per heavy atom. The molecule has 0 unspecified atom stereocenters. The van der Waals surface area contributed by atoms with Gasteiger partial charge in [-0.1, -0.05) is 18.2 Å². The predicted octanol–water partition coefficient (Wildman–Crippen LogP) is 2.63. The Kier molecular flexibility index (Phi) is 1.48. The lowest BCUT2D eigenvalue weighted by Crippen LogP contribution is -2.15. The Labute approximate surface area is 77.4 Å². The molecule has 0 bridgehead atoms. The summed E-state index contributed by atoms with van der Waals surface area (Å²) in [6, 6.07) is 8.06. The zero-order valence-corrected chi connectivity index (χ0v) is 7.94. The van der Waals surface area contributed by atoms with E-state index >= 15 is 0 Å². The molecule has 1 aromatic carbocycles. The van der Waals surface area contributed by atoms with Crippen molar-refractivity contribution < 1.29 is 4.74 Å². The van der Waals surface area contributed by atoms with Crippen LogP contribution in [0.3, 0.4) is 0 Å². The molecular formula is C10H10OS. The average Bonchev–Trinajstić information content (AvgIpc) is 2.25. The summed E-state index contributed by atoms with van der Waals surface area (Å²) in [5.74, 6) is 0. The van der Waals surface area contributed by atoms with Crippen LogP contribution in [-0.4, -0.2) is 5.05 Å². The number of fused-ring (bicyclic) bond motifs is 1. The second kappa shape index (κ2) is 2.30. The van der Waals surface area contributed by atoms with Gasteiger partial charge in [0.2, 0.25) is 0 Å². The zero-order chi connectivity index (χ0) is 8.77. The normalized spacial score (nSPS) is 18.7. The van der Waals surface area contributed by atoms with Gasteiger partial charge in [-0.3, -0.25) is 0 Å². The number of ether oxygens (including phenoxy) is 1. The van der Waals surface area contributed by atoms with Crippen molar-refractivity contribution in [2.45, 2.75) is 19.4 Å². The van der Waals surface area contributed by atoms with Crippen LogP contribution in [0.25, 0.3) is 0 Å². The monoisotopic (exact) mass is 178 g/mol. The molecule has 1 nitrogen and oxygen atoms in total. The van der Waals surface area contributed by atoms with E-state index in [1.165, 1.54) is 5.56 Å². The van der Waals surface area contributed by atoms with Crippen molar-refractivity contribution >= 4 is 17.3 Å². The van der Waals surface area contributed by atoms with Gasteiger partial charge in [-0.2, -0.15) is 0 Å². The minimum atomic E-state index is -0.242. The fraction of sp³-hybridized carbons (Fsp3) is 0.300. The van der Waals surface area contributed by atoms with E-state index < -0.39 is 0 Å². The van der Waals surface area contributed by atoms with Crippen LogP contribution in [0.4, 0.5) is 0 Å². The first-order valence-corrected chi connectivity index (χ1v) is 4.35. The molecule has 0 saturated carbocycles. The molecule has 1 aliphatic heterocycles. The van der Waals surface area contributed by atoms with Crippen molar-refractivity contribution in [3.63, 3.8) is 0 Å². The summed E-state index contributed by atoms with van der Waals surface area (Å²) in [6.07, 6.45) is 0. The third-order valence-corrected chi connectivity index (χ3v) is 2.45. The first kappa shape index (κ1) is 7.74. The van der Waals surface area contributed by atoms with Crippen molar-refractivity contribution in [1.82, 2.24) is 0 Å². The van der Waals surface area contributed by atoms with Crippen LogP contribution in [-0.2, 0) is 10.3 Å². The van der Waals surface area contributed by atoms with E-state index in [2.05, 4.69) is 6.07 Å². The maximum atomic E-state index is 5.55. The van der Waals surface area contributed by atoms with Gasteiger partial charge in [0.05, 0.1) is 0 Å². The smallest absolute Gasteiger partial charge is 0.192 e. The van der Waals surface area contributed by atoms with E-state index in [1.807, 2.05) is 32.0 Å². The number of rotatable bonds is 0. The Morgan fingerprint density at radius 3 is 2.58 bits per heavy atom. The molecule has 1 heterocycles. The molecule has 0 aliphatic carbocycles. The Hall–Kier alpha value is -0.890. The molecule has 0 spiro atoms. The summed E-state index contributed by atoms with van der Waals surface area (Å²) >= 11 is 5.10. The molecule has 0 aromatic heterocycles. The first-order valence-electron chi connectivity index (χ1n) is 3.94. The van der Waals surface area contributed by atoms with Gasteiger partial charge in [0, 0.05) is 11.1 Å². The quantitative estimate of drug-likeness (QED) is 0.565. The summed E-state index contributed by atoms with van der Waals surface area (Å²) in [6.45, 7) is 4.07. The van der Waals surface area contributed by atoms with Gasteiger partial charge in [-0.25, -0.2) is 0 Å². The lowest BCUT2D eigenvalue weighted by atomic mass is 9.96. The molecule has 1 aromatic rings. The summed E-state index contributed by atoms with van der Waals surface area (Å²) in [5, 5.41) is 0.621. The second-order valence-electron chi connectivity index (χ2n) is 3.45. The Morgan fingerprint density at radius 2 is 1.92 bits per heavy atom. The minimum absolute atomic E-state index is 0.242. The molecule has 0 amide bonds. The number of hydrogen-bond donors (Lipinski definition) is 0. The van der Waals surface area contributed by atoms with Crippen molar-refractivity contribution in [2.24, 2.45) is 0 Å². The third kappa shape index (κ3) is 0.950. The number of thiocarbonyl (C=S) groups is 1. The maximum Gasteiger partial charge on any atom is 0.192 e. The van der Waals surface area contributed by atoms with Gasteiger partial charge in [-0.05, 0) is 32.1 Å². The lowest BCUT2D eigenvalue weighted by molar-refractivity contribution is 0.115. The van der Waals surface area contributed by atoms with Crippen LogP contribution < -0.4 is 0 Å². The topological polar surface area (TPSA) is 9.23 Å². The van der Waals surface area contributed by atoms with E-state index in [0.29, 0.717) is 5.05 Å². The molecule has 0 fully saturated rings. The molecule has 2 heteroatoms. The van der Waals surface area contributed by atoms with Crippen LogP contribution in [0.1, 0.15) is 25.0 Å². The molecule has 0 atom stereocenters. The summed E-state index contributed by atoms with van der Waals surface area (Å²) in [7, 11) is 0. The zero-order valence-electron chi connectivity index (χ0n) is 7.13. The largest absolute Gasteiger partial charge is 0.472 e. The average molecular weight is 178 g/mol. The minimum Gasteiger partial charge on any atom is -0.472 e. The van der Waals surface area contributed by atoms with Gasteiger partial charge in [-0.15, -0.1) is 0 Å². The van der Waals surface area contributed by atoms with Gasteiger partial charge in [0.15, 0.2) is 5.05 Å². The summed E-state index contributed by atoms with van der Waals surface area (Å²) < 4.78 is 5.55. The highest BCUT2D eigenvalue weighted by molar-refractivity contribution is 7.80. The second-order valence-corrected chi connectivity index (χ2v) is 3.82. The number of benzene rings is 1. The molecular weight excluding hydrogens is 168 g/mol. The SMILES string of the molecule is CC1(C)OC(=S)c2ccccc21. The fourth-order valence-electron chi connectivity index (χ4n) is 1.53. The molecule has 0 saturated heterocycles.